The Hall–Kier alpha value is -0.300. The SMILES string of the molecule is CCP(=O)(CC)CCCCCOC(C)=O. The lowest BCUT2D eigenvalue weighted by atomic mass is 10.3. The van der Waals surface area contributed by atoms with E-state index in [1.54, 1.807) is 0 Å². The van der Waals surface area contributed by atoms with Gasteiger partial charge in [-0.25, -0.2) is 0 Å². The number of carbonyl (C=O) groups excluding carboxylic acids is 1. The van der Waals surface area contributed by atoms with Crippen LogP contribution >= 0.6 is 7.14 Å². The minimum Gasteiger partial charge on any atom is -0.466 e. The zero-order valence-electron chi connectivity index (χ0n) is 10.1. The summed E-state index contributed by atoms with van der Waals surface area (Å²) in [6.07, 6.45) is 5.34. The van der Waals surface area contributed by atoms with E-state index in [1.807, 2.05) is 13.8 Å². The first kappa shape index (κ1) is 14.7. The second-order valence-electron chi connectivity index (χ2n) is 3.81. The molecule has 0 aliphatic carbocycles. The molecule has 0 bridgehead atoms. The van der Waals surface area contributed by atoms with Crippen LogP contribution in [0, 0.1) is 0 Å². The summed E-state index contributed by atoms with van der Waals surface area (Å²) in [6.45, 7) is 5.92. The zero-order valence-corrected chi connectivity index (χ0v) is 11.0. The molecule has 0 amide bonds. The normalized spacial score (nSPS) is 11.4. The molecule has 3 nitrogen and oxygen atoms in total. The van der Waals surface area contributed by atoms with Crippen LogP contribution in [0.2, 0.25) is 0 Å². The number of esters is 1. The zero-order chi connectivity index (χ0) is 11.7. The Morgan fingerprint density at radius 1 is 1.13 bits per heavy atom. The summed E-state index contributed by atoms with van der Waals surface area (Å²) in [7, 11) is -1.86. The van der Waals surface area contributed by atoms with Gasteiger partial charge in [-0.1, -0.05) is 13.8 Å². The second kappa shape index (κ2) is 7.92. The first-order valence-electron chi connectivity index (χ1n) is 5.74. The van der Waals surface area contributed by atoms with Crippen LogP contribution in [0.3, 0.4) is 0 Å². The van der Waals surface area contributed by atoms with Crippen LogP contribution in [-0.2, 0) is 14.1 Å². The molecular formula is C11H23O3P. The molecular weight excluding hydrogens is 211 g/mol. The van der Waals surface area contributed by atoms with E-state index >= 15 is 0 Å². The van der Waals surface area contributed by atoms with Crippen molar-refractivity contribution >= 4 is 13.1 Å². The molecule has 0 atom stereocenters. The van der Waals surface area contributed by atoms with Crippen molar-refractivity contribution in [2.45, 2.75) is 40.0 Å². The van der Waals surface area contributed by atoms with E-state index in [2.05, 4.69) is 0 Å². The highest BCUT2D eigenvalue weighted by molar-refractivity contribution is 7.63. The van der Waals surface area contributed by atoms with Gasteiger partial charge in [-0.3, -0.25) is 4.79 Å². The average molecular weight is 234 g/mol. The summed E-state index contributed by atoms with van der Waals surface area (Å²) in [5.41, 5.74) is 0. The first-order valence-corrected chi connectivity index (χ1v) is 8.00. The molecule has 0 aliphatic heterocycles. The van der Waals surface area contributed by atoms with Crippen LogP contribution in [0.4, 0.5) is 0 Å². The van der Waals surface area contributed by atoms with E-state index in [9.17, 15) is 9.36 Å². The Labute approximate surface area is 93.0 Å². The molecule has 0 rings (SSSR count). The molecule has 0 saturated carbocycles. The van der Waals surface area contributed by atoms with E-state index in [4.69, 9.17) is 4.74 Å². The number of hydrogen-bond donors (Lipinski definition) is 0. The third-order valence-electron chi connectivity index (χ3n) is 2.67. The van der Waals surface area contributed by atoms with Crippen molar-refractivity contribution in [1.82, 2.24) is 0 Å². The van der Waals surface area contributed by atoms with Crippen molar-refractivity contribution < 1.29 is 14.1 Å². The van der Waals surface area contributed by atoms with Gasteiger partial charge in [0.05, 0.1) is 13.7 Å². The fraction of sp³-hybridized carbons (Fsp3) is 0.909. The topological polar surface area (TPSA) is 43.4 Å². The quantitative estimate of drug-likeness (QED) is 0.368. The minimum atomic E-state index is -1.86. The Bertz CT molecular complexity index is 218. The third kappa shape index (κ3) is 7.61. The van der Waals surface area contributed by atoms with Gasteiger partial charge in [-0.05, 0) is 31.6 Å². The monoisotopic (exact) mass is 234 g/mol. The van der Waals surface area contributed by atoms with Crippen molar-refractivity contribution in [3.63, 3.8) is 0 Å². The molecule has 0 spiro atoms. The molecule has 0 aromatic rings. The molecule has 0 aromatic carbocycles. The number of hydrogen-bond acceptors (Lipinski definition) is 3. The maximum absolute atomic E-state index is 12.0. The van der Waals surface area contributed by atoms with Gasteiger partial charge in [0.15, 0.2) is 0 Å². The van der Waals surface area contributed by atoms with Gasteiger partial charge < -0.3 is 9.30 Å². The summed E-state index contributed by atoms with van der Waals surface area (Å²) < 4.78 is 16.8. The Morgan fingerprint density at radius 2 is 1.73 bits per heavy atom. The fourth-order valence-electron chi connectivity index (χ4n) is 1.43. The maximum Gasteiger partial charge on any atom is 0.302 e. The molecule has 0 aliphatic rings. The van der Waals surface area contributed by atoms with Crippen molar-refractivity contribution in [2.75, 3.05) is 25.1 Å². The molecule has 0 aromatic heterocycles. The lowest BCUT2D eigenvalue weighted by Gasteiger charge is -2.13. The average Bonchev–Trinajstić information content (AvgIpc) is 2.22. The van der Waals surface area contributed by atoms with Gasteiger partial charge in [-0.2, -0.15) is 0 Å². The second-order valence-corrected chi connectivity index (χ2v) is 7.64. The van der Waals surface area contributed by atoms with E-state index in [-0.39, 0.29) is 5.97 Å². The molecule has 0 unspecified atom stereocenters. The first-order chi connectivity index (χ1) is 7.04. The number of rotatable bonds is 8. The standard InChI is InChI=1S/C11H23O3P/c1-4-15(13,5-2)10-8-6-7-9-14-11(3)12/h4-10H2,1-3H3. The van der Waals surface area contributed by atoms with Gasteiger partial charge in [-0.15, -0.1) is 0 Å². The fourth-order valence-corrected chi connectivity index (χ4v) is 3.31. The van der Waals surface area contributed by atoms with E-state index < -0.39 is 7.14 Å². The van der Waals surface area contributed by atoms with Crippen molar-refractivity contribution in [2.24, 2.45) is 0 Å². The highest BCUT2D eigenvalue weighted by atomic mass is 31.2. The number of carbonyl (C=O) groups is 1. The Kier molecular flexibility index (Phi) is 7.76. The van der Waals surface area contributed by atoms with E-state index in [0.717, 1.165) is 37.7 Å². The summed E-state index contributed by atoms with van der Waals surface area (Å²) in [5, 5.41) is 0. The predicted octanol–water partition coefficient (Wildman–Crippen LogP) is 3.12. The number of unbranched alkanes of at least 4 members (excludes halogenated alkanes) is 2. The van der Waals surface area contributed by atoms with Gasteiger partial charge >= 0.3 is 5.97 Å². The third-order valence-corrected chi connectivity index (χ3v) is 6.10. The van der Waals surface area contributed by atoms with Crippen LogP contribution in [-0.4, -0.2) is 31.1 Å². The summed E-state index contributed by atoms with van der Waals surface area (Å²) in [6, 6.07) is 0. The molecule has 0 fully saturated rings. The lowest BCUT2D eigenvalue weighted by molar-refractivity contribution is -0.141. The van der Waals surface area contributed by atoms with Gasteiger partial charge in [0.25, 0.3) is 0 Å². The smallest absolute Gasteiger partial charge is 0.302 e. The number of ether oxygens (including phenoxy) is 1. The van der Waals surface area contributed by atoms with E-state index in [1.165, 1.54) is 6.92 Å². The molecule has 0 heterocycles. The molecule has 0 radical (unpaired) electrons. The van der Waals surface area contributed by atoms with Crippen LogP contribution in [0.25, 0.3) is 0 Å². The van der Waals surface area contributed by atoms with Crippen molar-refractivity contribution in [3.8, 4) is 0 Å². The highest BCUT2D eigenvalue weighted by Gasteiger charge is 2.15. The summed E-state index contributed by atoms with van der Waals surface area (Å²) >= 11 is 0. The van der Waals surface area contributed by atoms with Gasteiger partial charge in [0.2, 0.25) is 0 Å². The molecule has 4 heteroatoms. The molecule has 0 saturated heterocycles. The highest BCUT2D eigenvalue weighted by Crippen LogP contribution is 2.45. The van der Waals surface area contributed by atoms with E-state index in [0.29, 0.717) is 6.61 Å². The summed E-state index contributed by atoms with van der Waals surface area (Å²) in [5.74, 6) is -0.220. The predicted molar refractivity (Wildman–Crippen MR) is 64.0 cm³/mol. The maximum atomic E-state index is 12.0. The Morgan fingerprint density at radius 3 is 2.20 bits per heavy atom. The van der Waals surface area contributed by atoms with Gasteiger partial charge in [0, 0.05) is 13.1 Å². The molecule has 90 valence electrons. The minimum absolute atomic E-state index is 0.220. The van der Waals surface area contributed by atoms with Crippen LogP contribution < -0.4 is 0 Å². The lowest BCUT2D eigenvalue weighted by Crippen LogP contribution is -2.01. The van der Waals surface area contributed by atoms with Gasteiger partial charge in [0.1, 0.15) is 0 Å². The van der Waals surface area contributed by atoms with Crippen molar-refractivity contribution in [1.29, 1.82) is 0 Å². The van der Waals surface area contributed by atoms with Crippen LogP contribution in [0.5, 0.6) is 0 Å². The molecule has 0 N–H and O–H groups in total. The largest absolute Gasteiger partial charge is 0.466 e. The summed E-state index contributed by atoms with van der Waals surface area (Å²) in [4.78, 5) is 10.5. The van der Waals surface area contributed by atoms with Crippen LogP contribution in [0.1, 0.15) is 40.0 Å². The van der Waals surface area contributed by atoms with Crippen molar-refractivity contribution in [3.05, 3.63) is 0 Å². The Balaban J connectivity index is 3.45. The molecule has 15 heavy (non-hydrogen) atoms. The van der Waals surface area contributed by atoms with Crippen LogP contribution in [0.15, 0.2) is 0 Å².